The highest BCUT2D eigenvalue weighted by Crippen LogP contribution is 2.25. The van der Waals surface area contributed by atoms with Gasteiger partial charge in [-0.05, 0) is 32.4 Å². The van der Waals surface area contributed by atoms with Gasteiger partial charge in [-0.3, -0.25) is 0 Å². The molecule has 0 aliphatic heterocycles. The quantitative estimate of drug-likeness (QED) is 0.811. The molecule has 0 amide bonds. The number of hydrogen-bond acceptors (Lipinski definition) is 1. The largest absolute Gasteiger partial charge is 0.308 e. The van der Waals surface area contributed by atoms with Crippen LogP contribution in [0, 0.1) is 0 Å². The maximum Gasteiger partial charge on any atom is 0.0465 e. The second kappa shape index (κ2) is 5.90. The summed E-state index contributed by atoms with van der Waals surface area (Å²) in [6, 6.07) is 5.61. The van der Waals surface area contributed by atoms with E-state index in [0.717, 1.165) is 28.5 Å². The van der Waals surface area contributed by atoms with Crippen LogP contribution in [0.15, 0.2) is 18.2 Å². The average Bonchev–Trinajstić information content (AvgIpc) is 2.16. The standard InChI is InChI=1S/C13H19Cl2N/c1-4-8-13(2,3)16-9-10-11(14)6-5-7-12(10)15/h5-7,16H,4,8-9H2,1-3H3. The van der Waals surface area contributed by atoms with Crippen molar-refractivity contribution in [2.75, 3.05) is 0 Å². The Hall–Kier alpha value is -0.240. The number of hydrogen-bond donors (Lipinski definition) is 1. The molecule has 0 radical (unpaired) electrons. The van der Waals surface area contributed by atoms with E-state index in [4.69, 9.17) is 23.2 Å². The fourth-order valence-corrected chi connectivity index (χ4v) is 2.27. The predicted octanol–water partition coefficient (Wildman–Crippen LogP) is 4.66. The topological polar surface area (TPSA) is 12.0 Å². The summed E-state index contributed by atoms with van der Waals surface area (Å²) in [6.07, 6.45) is 2.30. The molecule has 3 heteroatoms. The van der Waals surface area contributed by atoms with Crippen LogP contribution < -0.4 is 5.32 Å². The molecule has 0 aromatic heterocycles. The van der Waals surface area contributed by atoms with E-state index in [1.807, 2.05) is 18.2 Å². The fraction of sp³-hybridized carbons (Fsp3) is 0.538. The van der Waals surface area contributed by atoms with Crippen LogP contribution in [0.4, 0.5) is 0 Å². The van der Waals surface area contributed by atoms with Crippen molar-refractivity contribution in [1.29, 1.82) is 0 Å². The van der Waals surface area contributed by atoms with Crippen molar-refractivity contribution >= 4 is 23.2 Å². The number of nitrogens with one attached hydrogen (secondary N) is 1. The van der Waals surface area contributed by atoms with Crippen LogP contribution >= 0.6 is 23.2 Å². The summed E-state index contributed by atoms with van der Waals surface area (Å²) < 4.78 is 0. The highest BCUT2D eigenvalue weighted by molar-refractivity contribution is 6.35. The van der Waals surface area contributed by atoms with E-state index in [9.17, 15) is 0 Å². The molecule has 0 aliphatic carbocycles. The molecule has 1 aromatic rings. The molecule has 0 spiro atoms. The van der Waals surface area contributed by atoms with Gasteiger partial charge in [0.05, 0.1) is 0 Å². The summed E-state index contributed by atoms with van der Waals surface area (Å²) in [7, 11) is 0. The van der Waals surface area contributed by atoms with Crippen LogP contribution in [0.25, 0.3) is 0 Å². The van der Waals surface area contributed by atoms with Gasteiger partial charge in [0, 0.05) is 27.7 Å². The first-order valence-electron chi connectivity index (χ1n) is 5.64. The Morgan fingerprint density at radius 3 is 2.25 bits per heavy atom. The van der Waals surface area contributed by atoms with Gasteiger partial charge in [-0.25, -0.2) is 0 Å². The smallest absolute Gasteiger partial charge is 0.0465 e. The van der Waals surface area contributed by atoms with Gasteiger partial charge in [-0.1, -0.05) is 42.6 Å². The maximum atomic E-state index is 6.11. The van der Waals surface area contributed by atoms with Crippen LogP contribution in [0.1, 0.15) is 39.2 Å². The van der Waals surface area contributed by atoms with Gasteiger partial charge in [0.15, 0.2) is 0 Å². The molecule has 90 valence electrons. The van der Waals surface area contributed by atoms with Crippen molar-refractivity contribution in [2.24, 2.45) is 0 Å². The number of rotatable bonds is 5. The molecule has 16 heavy (non-hydrogen) atoms. The summed E-state index contributed by atoms with van der Waals surface area (Å²) >= 11 is 12.2. The third-order valence-corrected chi connectivity index (χ3v) is 3.39. The summed E-state index contributed by atoms with van der Waals surface area (Å²) in [4.78, 5) is 0. The van der Waals surface area contributed by atoms with E-state index in [1.54, 1.807) is 0 Å². The summed E-state index contributed by atoms with van der Waals surface area (Å²) in [6.45, 7) is 7.29. The summed E-state index contributed by atoms with van der Waals surface area (Å²) in [5.74, 6) is 0. The molecule has 1 nitrogen and oxygen atoms in total. The molecule has 1 rings (SSSR count). The molecular weight excluding hydrogens is 241 g/mol. The van der Waals surface area contributed by atoms with Crippen molar-refractivity contribution in [1.82, 2.24) is 5.32 Å². The zero-order chi connectivity index (χ0) is 12.2. The minimum Gasteiger partial charge on any atom is -0.308 e. The Kier molecular flexibility index (Phi) is 5.10. The lowest BCUT2D eigenvalue weighted by Crippen LogP contribution is -2.38. The Bertz CT molecular complexity index is 328. The summed E-state index contributed by atoms with van der Waals surface area (Å²) in [5, 5.41) is 4.95. The normalized spacial score (nSPS) is 11.8. The molecule has 0 saturated heterocycles. The first-order valence-corrected chi connectivity index (χ1v) is 6.40. The van der Waals surface area contributed by atoms with Gasteiger partial charge in [0.1, 0.15) is 0 Å². The van der Waals surface area contributed by atoms with Crippen LogP contribution in [0.3, 0.4) is 0 Å². The molecule has 1 N–H and O–H groups in total. The molecular formula is C13H19Cl2N. The van der Waals surface area contributed by atoms with Crippen molar-refractivity contribution in [2.45, 2.75) is 45.7 Å². The number of benzene rings is 1. The zero-order valence-corrected chi connectivity index (χ0v) is 11.6. The molecule has 0 bridgehead atoms. The Morgan fingerprint density at radius 2 is 1.75 bits per heavy atom. The minimum atomic E-state index is 0.122. The van der Waals surface area contributed by atoms with Gasteiger partial charge >= 0.3 is 0 Å². The molecule has 0 unspecified atom stereocenters. The Balaban J connectivity index is 2.68. The van der Waals surface area contributed by atoms with Gasteiger partial charge in [0.25, 0.3) is 0 Å². The van der Waals surface area contributed by atoms with Crippen LogP contribution in [-0.4, -0.2) is 5.54 Å². The first-order chi connectivity index (χ1) is 7.46. The first kappa shape index (κ1) is 13.8. The van der Waals surface area contributed by atoms with Crippen LogP contribution in [-0.2, 0) is 6.54 Å². The van der Waals surface area contributed by atoms with Crippen LogP contribution in [0.5, 0.6) is 0 Å². The van der Waals surface area contributed by atoms with Crippen molar-refractivity contribution < 1.29 is 0 Å². The Morgan fingerprint density at radius 1 is 1.19 bits per heavy atom. The number of halogens is 2. The molecule has 0 aliphatic rings. The van der Waals surface area contributed by atoms with E-state index in [0.29, 0.717) is 6.54 Å². The fourth-order valence-electron chi connectivity index (χ4n) is 1.74. The van der Waals surface area contributed by atoms with E-state index in [1.165, 1.54) is 0 Å². The second-order valence-electron chi connectivity index (χ2n) is 4.69. The maximum absolute atomic E-state index is 6.11. The third-order valence-electron chi connectivity index (χ3n) is 2.68. The van der Waals surface area contributed by atoms with Gasteiger partial charge in [-0.2, -0.15) is 0 Å². The molecule has 0 heterocycles. The van der Waals surface area contributed by atoms with Crippen molar-refractivity contribution in [3.63, 3.8) is 0 Å². The minimum absolute atomic E-state index is 0.122. The van der Waals surface area contributed by atoms with Gasteiger partial charge in [0.2, 0.25) is 0 Å². The predicted molar refractivity (Wildman–Crippen MR) is 72.3 cm³/mol. The molecule has 0 saturated carbocycles. The highest BCUT2D eigenvalue weighted by Gasteiger charge is 2.16. The van der Waals surface area contributed by atoms with Crippen molar-refractivity contribution in [3.8, 4) is 0 Å². The zero-order valence-electron chi connectivity index (χ0n) is 10.1. The van der Waals surface area contributed by atoms with Crippen LogP contribution in [0.2, 0.25) is 10.0 Å². The average molecular weight is 260 g/mol. The molecule has 0 fully saturated rings. The third kappa shape index (κ3) is 3.97. The van der Waals surface area contributed by atoms with E-state index < -0.39 is 0 Å². The van der Waals surface area contributed by atoms with Gasteiger partial charge < -0.3 is 5.32 Å². The van der Waals surface area contributed by atoms with E-state index in [2.05, 4.69) is 26.1 Å². The highest BCUT2D eigenvalue weighted by atomic mass is 35.5. The SMILES string of the molecule is CCCC(C)(C)NCc1c(Cl)cccc1Cl. The van der Waals surface area contributed by atoms with Crippen molar-refractivity contribution in [3.05, 3.63) is 33.8 Å². The second-order valence-corrected chi connectivity index (χ2v) is 5.50. The van der Waals surface area contributed by atoms with E-state index in [-0.39, 0.29) is 5.54 Å². The lowest BCUT2D eigenvalue weighted by Gasteiger charge is -2.26. The lowest BCUT2D eigenvalue weighted by molar-refractivity contribution is 0.357. The monoisotopic (exact) mass is 259 g/mol. The van der Waals surface area contributed by atoms with Gasteiger partial charge in [-0.15, -0.1) is 0 Å². The summed E-state index contributed by atoms with van der Waals surface area (Å²) in [5.41, 5.74) is 1.10. The lowest BCUT2D eigenvalue weighted by atomic mass is 9.98. The Labute approximate surface area is 108 Å². The van der Waals surface area contributed by atoms with E-state index >= 15 is 0 Å². The molecule has 0 atom stereocenters. The molecule has 1 aromatic carbocycles.